The van der Waals surface area contributed by atoms with E-state index in [0.29, 0.717) is 6.42 Å². The van der Waals surface area contributed by atoms with Crippen LogP contribution < -0.4 is 0 Å². The number of carbonyl (C=O) groups is 2. The smallest absolute Gasteiger partial charge is 0.303 e. The van der Waals surface area contributed by atoms with Gasteiger partial charge in [0.05, 0.1) is 0 Å². The van der Waals surface area contributed by atoms with Gasteiger partial charge in [0.1, 0.15) is 12.2 Å². The van der Waals surface area contributed by atoms with E-state index in [1.54, 1.807) is 6.08 Å². The van der Waals surface area contributed by atoms with Gasteiger partial charge in [-0.25, -0.2) is 0 Å². The van der Waals surface area contributed by atoms with E-state index in [1.165, 1.54) is 58.8 Å². The van der Waals surface area contributed by atoms with Crippen molar-refractivity contribution >= 4 is 11.9 Å². The SMILES string of the molecule is C=CC(CC(CCCCCCC/C=C\CCCC)OC(C)=O)OC(C)=O. The third-order valence-corrected chi connectivity index (χ3v) is 4.20. The maximum Gasteiger partial charge on any atom is 0.303 e. The Balaban J connectivity index is 3.93. The summed E-state index contributed by atoms with van der Waals surface area (Å²) >= 11 is 0. The molecule has 0 bridgehead atoms. The standard InChI is InChI=1S/C22H38O4/c1-5-7-8-9-10-11-12-13-14-15-16-17-22(26-20(4)24)18-21(6-2)25-19(3)23/h6,9-10,21-22H,2,5,7-8,11-18H2,1,3-4H3/b10-9-. The van der Waals surface area contributed by atoms with Crippen LogP contribution in [0.2, 0.25) is 0 Å². The van der Waals surface area contributed by atoms with Crippen molar-refractivity contribution in [2.45, 2.75) is 104 Å². The van der Waals surface area contributed by atoms with Crippen molar-refractivity contribution in [2.75, 3.05) is 0 Å². The third-order valence-electron chi connectivity index (χ3n) is 4.20. The first kappa shape index (κ1) is 24.4. The summed E-state index contributed by atoms with van der Waals surface area (Å²) < 4.78 is 10.5. The van der Waals surface area contributed by atoms with Gasteiger partial charge in [0, 0.05) is 20.3 Å². The summed E-state index contributed by atoms with van der Waals surface area (Å²) in [5.41, 5.74) is 0. The molecular formula is C22H38O4. The van der Waals surface area contributed by atoms with Crippen LogP contribution in [0.15, 0.2) is 24.8 Å². The summed E-state index contributed by atoms with van der Waals surface area (Å²) in [4.78, 5) is 22.4. The number of carbonyl (C=O) groups excluding carboxylic acids is 2. The van der Waals surface area contributed by atoms with Crippen molar-refractivity contribution in [3.63, 3.8) is 0 Å². The van der Waals surface area contributed by atoms with Crippen LogP contribution >= 0.6 is 0 Å². The minimum Gasteiger partial charge on any atom is -0.462 e. The quantitative estimate of drug-likeness (QED) is 0.194. The summed E-state index contributed by atoms with van der Waals surface area (Å²) in [6.07, 6.45) is 17.5. The summed E-state index contributed by atoms with van der Waals surface area (Å²) in [5.74, 6) is -0.643. The van der Waals surface area contributed by atoms with Gasteiger partial charge in [-0.05, 0) is 32.1 Å². The van der Waals surface area contributed by atoms with E-state index in [0.717, 1.165) is 19.3 Å². The number of allylic oxidation sites excluding steroid dienone is 2. The Labute approximate surface area is 160 Å². The Hall–Kier alpha value is -1.58. The zero-order valence-electron chi connectivity index (χ0n) is 17.0. The summed E-state index contributed by atoms with van der Waals surface area (Å²) in [6, 6.07) is 0. The molecule has 150 valence electrons. The summed E-state index contributed by atoms with van der Waals surface area (Å²) in [5, 5.41) is 0. The minimum atomic E-state index is -0.406. The lowest BCUT2D eigenvalue weighted by Gasteiger charge is -2.21. The minimum absolute atomic E-state index is 0.226. The number of unbranched alkanes of at least 4 members (excludes halogenated alkanes) is 7. The monoisotopic (exact) mass is 366 g/mol. The molecule has 0 saturated carbocycles. The molecule has 0 saturated heterocycles. The lowest BCUT2D eigenvalue weighted by molar-refractivity contribution is -0.151. The Bertz CT molecular complexity index is 414. The molecule has 0 N–H and O–H groups in total. The van der Waals surface area contributed by atoms with Gasteiger partial charge in [0.2, 0.25) is 0 Å². The van der Waals surface area contributed by atoms with Gasteiger partial charge in [0.25, 0.3) is 0 Å². The molecule has 0 aliphatic heterocycles. The Morgan fingerprint density at radius 3 is 2.04 bits per heavy atom. The number of rotatable bonds is 16. The van der Waals surface area contributed by atoms with Gasteiger partial charge >= 0.3 is 11.9 Å². The molecule has 0 aliphatic rings. The highest BCUT2D eigenvalue weighted by Gasteiger charge is 2.18. The fraction of sp³-hybridized carbons (Fsp3) is 0.727. The molecule has 0 aromatic heterocycles. The van der Waals surface area contributed by atoms with E-state index in [-0.39, 0.29) is 18.0 Å². The second kappa shape index (κ2) is 16.9. The zero-order valence-corrected chi connectivity index (χ0v) is 17.0. The molecule has 4 nitrogen and oxygen atoms in total. The number of esters is 2. The Morgan fingerprint density at radius 2 is 1.46 bits per heavy atom. The Morgan fingerprint density at radius 1 is 0.885 bits per heavy atom. The molecule has 0 spiro atoms. The maximum absolute atomic E-state index is 11.3. The van der Waals surface area contributed by atoms with E-state index < -0.39 is 6.10 Å². The van der Waals surface area contributed by atoms with Crippen LogP contribution in [0.3, 0.4) is 0 Å². The third kappa shape index (κ3) is 15.9. The molecule has 0 amide bonds. The number of ether oxygens (including phenoxy) is 2. The predicted molar refractivity (Wildman–Crippen MR) is 107 cm³/mol. The fourth-order valence-electron chi connectivity index (χ4n) is 2.85. The van der Waals surface area contributed by atoms with Crippen molar-refractivity contribution in [3.8, 4) is 0 Å². The lowest BCUT2D eigenvalue weighted by Crippen LogP contribution is -2.25. The van der Waals surface area contributed by atoms with Crippen LogP contribution in [-0.4, -0.2) is 24.1 Å². The highest BCUT2D eigenvalue weighted by molar-refractivity contribution is 5.66. The molecule has 0 aliphatic carbocycles. The van der Waals surface area contributed by atoms with Crippen molar-refractivity contribution in [1.82, 2.24) is 0 Å². The molecule has 26 heavy (non-hydrogen) atoms. The van der Waals surface area contributed by atoms with Gasteiger partial charge in [0.15, 0.2) is 0 Å². The first-order chi connectivity index (χ1) is 12.5. The lowest BCUT2D eigenvalue weighted by atomic mass is 10.0. The fourth-order valence-corrected chi connectivity index (χ4v) is 2.85. The molecule has 0 aromatic carbocycles. The highest BCUT2D eigenvalue weighted by atomic mass is 16.6. The van der Waals surface area contributed by atoms with Crippen LogP contribution in [-0.2, 0) is 19.1 Å². The van der Waals surface area contributed by atoms with E-state index in [1.807, 2.05) is 0 Å². The van der Waals surface area contributed by atoms with Crippen LogP contribution in [0.4, 0.5) is 0 Å². The van der Waals surface area contributed by atoms with Crippen LogP contribution in [0.1, 0.15) is 91.4 Å². The van der Waals surface area contributed by atoms with Crippen LogP contribution in [0.5, 0.6) is 0 Å². The normalized spacial score (nSPS) is 13.3. The van der Waals surface area contributed by atoms with Gasteiger partial charge in [-0.15, -0.1) is 0 Å². The number of hydrogen-bond donors (Lipinski definition) is 0. The summed E-state index contributed by atoms with van der Waals surface area (Å²) in [7, 11) is 0. The van der Waals surface area contributed by atoms with Crippen molar-refractivity contribution in [2.24, 2.45) is 0 Å². The molecule has 0 rings (SSSR count). The average Bonchev–Trinajstić information content (AvgIpc) is 2.57. The predicted octanol–water partition coefficient (Wildman–Crippen LogP) is 5.90. The molecule has 4 heteroatoms. The highest BCUT2D eigenvalue weighted by Crippen LogP contribution is 2.16. The van der Waals surface area contributed by atoms with Crippen LogP contribution in [0.25, 0.3) is 0 Å². The largest absolute Gasteiger partial charge is 0.462 e. The van der Waals surface area contributed by atoms with E-state index in [4.69, 9.17) is 9.47 Å². The van der Waals surface area contributed by atoms with Crippen LogP contribution in [0, 0.1) is 0 Å². The average molecular weight is 367 g/mol. The Kier molecular flexibility index (Phi) is 15.8. The zero-order chi connectivity index (χ0) is 19.6. The molecular weight excluding hydrogens is 328 g/mol. The van der Waals surface area contributed by atoms with Crippen molar-refractivity contribution in [1.29, 1.82) is 0 Å². The van der Waals surface area contributed by atoms with Crippen molar-refractivity contribution < 1.29 is 19.1 Å². The van der Waals surface area contributed by atoms with E-state index in [2.05, 4.69) is 25.7 Å². The molecule has 0 radical (unpaired) electrons. The molecule has 2 unspecified atom stereocenters. The molecule has 0 heterocycles. The number of hydrogen-bond acceptors (Lipinski definition) is 4. The molecule has 0 aromatic rings. The second-order valence-corrected chi connectivity index (χ2v) is 6.81. The first-order valence-corrected chi connectivity index (χ1v) is 10.1. The van der Waals surface area contributed by atoms with Gasteiger partial charge in [-0.1, -0.05) is 63.8 Å². The van der Waals surface area contributed by atoms with Gasteiger partial charge in [-0.2, -0.15) is 0 Å². The van der Waals surface area contributed by atoms with Crippen molar-refractivity contribution in [3.05, 3.63) is 24.8 Å². The summed E-state index contributed by atoms with van der Waals surface area (Å²) in [6.45, 7) is 8.68. The molecule has 0 fully saturated rings. The van der Waals surface area contributed by atoms with Gasteiger partial charge < -0.3 is 9.47 Å². The second-order valence-electron chi connectivity index (χ2n) is 6.81. The maximum atomic E-state index is 11.3. The van der Waals surface area contributed by atoms with E-state index in [9.17, 15) is 9.59 Å². The topological polar surface area (TPSA) is 52.6 Å². The molecule has 2 atom stereocenters. The van der Waals surface area contributed by atoms with Gasteiger partial charge in [-0.3, -0.25) is 9.59 Å². The van der Waals surface area contributed by atoms with E-state index >= 15 is 0 Å². The first-order valence-electron chi connectivity index (χ1n) is 10.1.